The minimum Gasteiger partial charge on any atom is -0.497 e. The number of benzene rings is 1. The van der Waals surface area contributed by atoms with Gasteiger partial charge in [0.05, 0.1) is 23.9 Å². The summed E-state index contributed by atoms with van der Waals surface area (Å²) in [5.74, 6) is 0.288. The lowest BCUT2D eigenvalue weighted by atomic mass is 10.2. The number of hydrogen-bond acceptors (Lipinski definition) is 6. The van der Waals surface area contributed by atoms with Gasteiger partial charge in [0.2, 0.25) is 5.91 Å². The van der Waals surface area contributed by atoms with Crippen molar-refractivity contribution in [3.05, 3.63) is 45.1 Å². The normalized spacial score (nSPS) is 11.0. The van der Waals surface area contributed by atoms with Crippen LogP contribution >= 0.6 is 23.1 Å². The zero-order valence-corrected chi connectivity index (χ0v) is 15.7. The Kier molecular flexibility index (Phi) is 4.82. The zero-order chi connectivity index (χ0) is 18.1. The number of amides is 1. The summed E-state index contributed by atoms with van der Waals surface area (Å²) in [6.07, 6.45) is 0. The highest BCUT2D eigenvalue weighted by Crippen LogP contribution is 2.29. The molecule has 1 amide bonds. The summed E-state index contributed by atoms with van der Waals surface area (Å²) >= 11 is 2.63. The monoisotopic (exact) mass is 375 g/mol. The standard InChI is InChI=1S/C17H17N3O3S2/c1-9-10(2)25-15-14(9)16(22)20(17(19-15)24-8-13(18)21)11-4-6-12(23-3)7-5-11/h4-7H,8H2,1-3H3,(H2,18,21). The Balaban J connectivity index is 2.26. The Hall–Kier alpha value is -2.32. The highest BCUT2D eigenvalue weighted by atomic mass is 32.2. The van der Waals surface area contributed by atoms with E-state index < -0.39 is 5.91 Å². The molecular weight excluding hydrogens is 358 g/mol. The molecule has 2 heterocycles. The molecule has 0 aliphatic carbocycles. The van der Waals surface area contributed by atoms with Gasteiger partial charge in [0.15, 0.2) is 5.16 Å². The number of aryl methyl sites for hydroxylation is 2. The molecule has 25 heavy (non-hydrogen) atoms. The maximum absolute atomic E-state index is 13.2. The van der Waals surface area contributed by atoms with Gasteiger partial charge in [0.1, 0.15) is 10.6 Å². The number of carbonyl (C=O) groups excluding carboxylic acids is 1. The quantitative estimate of drug-likeness (QED) is 0.547. The number of thioether (sulfide) groups is 1. The number of hydrogen-bond donors (Lipinski definition) is 1. The van der Waals surface area contributed by atoms with Crippen LogP contribution in [0.25, 0.3) is 15.9 Å². The molecule has 0 unspecified atom stereocenters. The van der Waals surface area contributed by atoms with Gasteiger partial charge in [-0.05, 0) is 43.7 Å². The molecule has 8 heteroatoms. The molecule has 2 aromatic heterocycles. The average Bonchev–Trinajstić information content (AvgIpc) is 2.87. The lowest BCUT2D eigenvalue weighted by molar-refractivity contribution is -0.115. The lowest BCUT2D eigenvalue weighted by Gasteiger charge is -2.12. The number of fused-ring (bicyclic) bond motifs is 1. The second-order valence-corrected chi connectivity index (χ2v) is 7.60. The van der Waals surface area contributed by atoms with E-state index in [9.17, 15) is 9.59 Å². The average molecular weight is 375 g/mol. The number of thiophene rings is 1. The summed E-state index contributed by atoms with van der Waals surface area (Å²) in [5, 5.41) is 1.06. The minimum absolute atomic E-state index is 0.0530. The summed E-state index contributed by atoms with van der Waals surface area (Å²) in [7, 11) is 1.58. The van der Waals surface area contributed by atoms with E-state index in [-0.39, 0.29) is 11.3 Å². The highest BCUT2D eigenvalue weighted by Gasteiger charge is 2.18. The van der Waals surface area contributed by atoms with Crippen molar-refractivity contribution in [1.82, 2.24) is 9.55 Å². The molecule has 3 rings (SSSR count). The zero-order valence-electron chi connectivity index (χ0n) is 14.0. The third-order valence-corrected chi connectivity index (χ3v) is 5.91. The maximum Gasteiger partial charge on any atom is 0.267 e. The molecule has 3 aromatic rings. The SMILES string of the molecule is COc1ccc(-n2c(SCC(N)=O)nc3sc(C)c(C)c3c2=O)cc1. The predicted molar refractivity (Wildman–Crippen MR) is 101 cm³/mol. The van der Waals surface area contributed by atoms with Gasteiger partial charge >= 0.3 is 0 Å². The lowest BCUT2D eigenvalue weighted by Crippen LogP contribution is -2.22. The van der Waals surface area contributed by atoms with Gasteiger partial charge in [-0.3, -0.25) is 14.2 Å². The Morgan fingerprint density at radius 3 is 2.60 bits per heavy atom. The fourth-order valence-electron chi connectivity index (χ4n) is 2.47. The largest absolute Gasteiger partial charge is 0.497 e. The number of primary amides is 1. The third-order valence-electron chi connectivity index (χ3n) is 3.85. The summed E-state index contributed by atoms with van der Waals surface area (Å²) < 4.78 is 6.69. The maximum atomic E-state index is 13.2. The fraction of sp³-hybridized carbons (Fsp3) is 0.235. The van der Waals surface area contributed by atoms with E-state index >= 15 is 0 Å². The van der Waals surface area contributed by atoms with Gasteiger partial charge in [-0.25, -0.2) is 4.98 Å². The van der Waals surface area contributed by atoms with Crippen molar-refractivity contribution >= 4 is 39.2 Å². The van der Waals surface area contributed by atoms with Crippen molar-refractivity contribution in [2.45, 2.75) is 19.0 Å². The molecule has 0 aliphatic heterocycles. The molecular formula is C17H17N3O3S2. The summed E-state index contributed by atoms with van der Waals surface area (Å²) in [6.45, 7) is 3.89. The number of nitrogens with two attached hydrogens (primary N) is 1. The number of aromatic nitrogens is 2. The van der Waals surface area contributed by atoms with E-state index in [2.05, 4.69) is 4.98 Å². The molecule has 0 radical (unpaired) electrons. The summed E-state index contributed by atoms with van der Waals surface area (Å²) in [6, 6.07) is 7.13. The van der Waals surface area contributed by atoms with Gasteiger partial charge in [-0.1, -0.05) is 11.8 Å². The van der Waals surface area contributed by atoms with E-state index in [1.807, 2.05) is 13.8 Å². The summed E-state index contributed by atoms with van der Waals surface area (Å²) in [5.41, 5.74) is 6.71. The molecule has 0 aliphatic rings. The molecule has 0 spiro atoms. The van der Waals surface area contributed by atoms with Crippen LogP contribution in [0, 0.1) is 13.8 Å². The van der Waals surface area contributed by atoms with Crippen molar-refractivity contribution in [2.75, 3.05) is 12.9 Å². The fourth-order valence-corrected chi connectivity index (χ4v) is 4.29. The van der Waals surface area contributed by atoms with Crippen LogP contribution in [0.2, 0.25) is 0 Å². The third kappa shape index (κ3) is 3.27. The molecule has 2 N–H and O–H groups in total. The van der Waals surface area contributed by atoms with Gasteiger partial charge < -0.3 is 10.5 Å². The Morgan fingerprint density at radius 2 is 2.00 bits per heavy atom. The van der Waals surface area contributed by atoms with Crippen LogP contribution in [0.3, 0.4) is 0 Å². The number of carbonyl (C=O) groups is 1. The van der Waals surface area contributed by atoms with E-state index in [4.69, 9.17) is 10.5 Å². The molecule has 0 bridgehead atoms. The molecule has 0 saturated carbocycles. The van der Waals surface area contributed by atoms with E-state index in [1.165, 1.54) is 15.9 Å². The van der Waals surface area contributed by atoms with Gasteiger partial charge in [-0.2, -0.15) is 0 Å². The molecule has 6 nitrogen and oxygen atoms in total. The van der Waals surface area contributed by atoms with Crippen molar-refractivity contribution in [1.29, 1.82) is 0 Å². The van der Waals surface area contributed by atoms with Crippen molar-refractivity contribution in [3.63, 3.8) is 0 Å². The Labute approximate surface area is 152 Å². The first-order valence-corrected chi connectivity index (χ1v) is 9.31. The Morgan fingerprint density at radius 1 is 1.32 bits per heavy atom. The van der Waals surface area contributed by atoms with E-state index in [0.717, 1.165) is 22.2 Å². The van der Waals surface area contributed by atoms with E-state index in [0.29, 0.717) is 26.8 Å². The molecule has 0 fully saturated rings. The van der Waals surface area contributed by atoms with Crippen molar-refractivity contribution < 1.29 is 9.53 Å². The smallest absolute Gasteiger partial charge is 0.267 e. The first-order chi connectivity index (χ1) is 11.9. The van der Waals surface area contributed by atoms with Crippen LogP contribution in [0.1, 0.15) is 10.4 Å². The first kappa shape index (κ1) is 17.5. The topological polar surface area (TPSA) is 87.2 Å². The highest BCUT2D eigenvalue weighted by molar-refractivity contribution is 7.99. The van der Waals surface area contributed by atoms with Gasteiger partial charge in [0, 0.05) is 4.88 Å². The predicted octanol–water partition coefficient (Wildman–Crippen LogP) is 2.65. The molecule has 1 aromatic carbocycles. The Bertz CT molecular complexity index is 1010. The number of methoxy groups -OCH3 is 1. The number of rotatable bonds is 5. The second-order valence-electron chi connectivity index (χ2n) is 5.45. The van der Waals surface area contributed by atoms with Crippen molar-refractivity contribution in [3.8, 4) is 11.4 Å². The van der Waals surface area contributed by atoms with Crippen LogP contribution in [0.15, 0.2) is 34.2 Å². The molecule has 0 saturated heterocycles. The number of ether oxygens (including phenoxy) is 1. The minimum atomic E-state index is -0.459. The second kappa shape index (κ2) is 6.89. The van der Waals surface area contributed by atoms with Crippen LogP contribution < -0.4 is 16.0 Å². The molecule has 130 valence electrons. The number of nitrogens with zero attached hydrogens (tertiary/aromatic N) is 2. The van der Waals surface area contributed by atoms with Gasteiger partial charge in [-0.15, -0.1) is 11.3 Å². The molecule has 0 atom stereocenters. The van der Waals surface area contributed by atoms with E-state index in [1.54, 1.807) is 31.4 Å². The van der Waals surface area contributed by atoms with Gasteiger partial charge in [0.25, 0.3) is 5.56 Å². The van der Waals surface area contributed by atoms with Crippen LogP contribution in [-0.4, -0.2) is 28.3 Å². The van der Waals surface area contributed by atoms with Crippen LogP contribution in [-0.2, 0) is 4.79 Å². The van der Waals surface area contributed by atoms with Crippen molar-refractivity contribution in [2.24, 2.45) is 5.73 Å². The first-order valence-electron chi connectivity index (χ1n) is 7.50. The summed E-state index contributed by atoms with van der Waals surface area (Å²) in [4.78, 5) is 30.7. The van der Waals surface area contributed by atoms with Crippen LogP contribution in [0.4, 0.5) is 0 Å². The van der Waals surface area contributed by atoms with Crippen LogP contribution in [0.5, 0.6) is 5.75 Å².